The van der Waals surface area contributed by atoms with Crippen LogP contribution in [-0.4, -0.2) is 19.0 Å². The Balaban J connectivity index is 2.03. The van der Waals surface area contributed by atoms with E-state index >= 15 is 0 Å². The number of amides is 1. The van der Waals surface area contributed by atoms with Crippen LogP contribution in [0.2, 0.25) is 5.02 Å². The van der Waals surface area contributed by atoms with Gasteiger partial charge in [0, 0.05) is 25.1 Å². The van der Waals surface area contributed by atoms with Crippen LogP contribution in [0.4, 0.5) is 4.39 Å². The zero-order valence-corrected chi connectivity index (χ0v) is 11.0. The van der Waals surface area contributed by atoms with Crippen LogP contribution in [-0.2, 0) is 4.79 Å². The lowest BCUT2D eigenvalue weighted by atomic mass is 10.0. The second kappa shape index (κ2) is 5.99. The topological polar surface area (TPSA) is 55.1 Å². The number of hydrogen-bond donors (Lipinski definition) is 2. The third kappa shape index (κ3) is 3.22. The smallest absolute Gasteiger partial charge is 0.247 e. The van der Waals surface area contributed by atoms with Gasteiger partial charge in [-0.1, -0.05) is 29.8 Å². The van der Waals surface area contributed by atoms with Gasteiger partial charge >= 0.3 is 0 Å². The fourth-order valence-electron chi connectivity index (χ4n) is 1.87. The van der Waals surface area contributed by atoms with Crippen molar-refractivity contribution in [3.05, 3.63) is 52.3 Å². The molecule has 0 saturated carbocycles. The molecule has 1 aliphatic carbocycles. The summed E-state index contributed by atoms with van der Waals surface area (Å²) >= 11 is 5.64. The number of nitrogens with one attached hydrogen (secondary N) is 1. The molecule has 0 aliphatic heterocycles. The minimum atomic E-state index is -0.457. The van der Waals surface area contributed by atoms with Gasteiger partial charge in [0.1, 0.15) is 5.82 Å². The summed E-state index contributed by atoms with van der Waals surface area (Å²) in [4.78, 5) is 11.7. The number of nitrogens with two attached hydrogens (primary N) is 1. The zero-order chi connectivity index (χ0) is 13.8. The maximum absolute atomic E-state index is 13.4. The van der Waals surface area contributed by atoms with E-state index in [1.165, 1.54) is 12.1 Å². The molecule has 0 saturated heterocycles. The number of hydrogen-bond acceptors (Lipinski definition) is 2. The molecule has 100 valence electrons. The summed E-state index contributed by atoms with van der Waals surface area (Å²) in [7, 11) is 0. The first kappa shape index (κ1) is 13.8. The van der Waals surface area contributed by atoms with Crippen molar-refractivity contribution in [2.75, 3.05) is 13.1 Å². The molecule has 1 aliphatic rings. The molecule has 0 spiro atoms. The van der Waals surface area contributed by atoms with Crippen LogP contribution in [0, 0.1) is 5.82 Å². The molecule has 2 rings (SSSR count). The van der Waals surface area contributed by atoms with Gasteiger partial charge in [-0.2, -0.15) is 0 Å². The summed E-state index contributed by atoms with van der Waals surface area (Å²) in [6.07, 6.45) is 4.05. The predicted octanol–water partition coefficient (Wildman–Crippen LogP) is 2.27. The molecule has 1 aromatic rings. The average molecular weight is 281 g/mol. The second-order valence-electron chi connectivity index (χ2n) is 4.23. The largest absolute Gasteiger partial charge is 0.351 e. The highest BCUT2D eigenvalue weighted by Gasteiger charge is 2.16. The van der Waals surface area contributed by atoms with E-state index in [2.05, 4.69) is 5.32 Å². The Morgan fingerprint density at radius 3 is 2.89 bits per heavy atom. The summed E-state index contributed by atoms with van der Waals surface area (Å²) in [5.41, 5.74) is 7.61. The van der Waals surface area contributed by atoms with Crippen molar-refractivity contribution < 1.29 is 9.18 Å². The molecule has 19 heavy (non-hydrogen) atoms. The van der Waals surface area contributed by atoms with Gasteiger partial charge in [0.25, 0.3) is 0 Å². The van der Waals surface area contributed by atoms with E-state index in [1.807, 2.05) is 6.08 Å². The summed E-state index contributed by atoms with van der Waals surface area (Å²) < 4.78 is 13.4. The molecule has 5 heteroatoms. The van der Waals surface area contributed by atoms with Crippen molar-refractivity contribution in [1.29, 1.82) is 0 Å². The summed E-state index contributed by atoms with van der Waals surface area (Å²) in [6.45, 7) is 0.850. The Bertz CT molecular complexity index is 567. The van der Waals surface area contributed by atoms with E-state index < -0.39 is 5.82 Å². The second-order valence-corrected chi connectivity index (χ2v) is 4.64. The minimum Gasteiger partial charge on any atom is -0.351 e. The first-order chi connectivity index (χ1) is 9.11. The molecule has 0 atom stereocenters. The van der Waals surface area contributed by atoms with Gasteiger partial charge < -0.3 is 11.1 Å². The van der Waals surface area contributed by atoms with Crippen molar-refractivity contribution >= 4 is 23.1 Å². The predicted molar refractivity (Wildman–Crippen MR) is 74.2 cm³/mol. The highest BCUT2D eigenvalue weighted by Crippen LogP contribution is 2.29. The Morgan fingerprint density at radius 1 is 1.42 bits per heavy atom. The molecule has 0 fully saturated rings. The first-order valence-electron chi connectivity index (χ1n) is 5.95. The van der Waals surface area contributed by atoms with Crippen LogP contribution in [0.15, 0.2) is 35.9 Å². The SMILES string of the molecule is NCCNC(=O)C1=CC=C(c2ccc(Cl)c(F)c2)C1. The van der Waals surface area contributed by atoms with Crippen molar-refractivity contribution in [2.24, 2.45) is 5.73 Å². The van der Waals surface area contributed by atoms with Gasteiger partial charge in [0.2, 0.25) is 5.91 Å². The highest BCUT2D eigenvalue weighted by atomic mass is 35.5. The molecule has 1 aromatic carbocycles. The zero-order valence-electron chi connectivity index (χ0n) is 10.2. The summed E-state index contributed by atoms with van der Waals surface area (Å²) in [5, 5.41) is 2.80. The standard InChI is InChI=1S/C14H14ClFN2O/c15-12-4-3-10(8-13(12)16)9-1-2-11(7-9)14(19)18-6-5-17/h1-4,8H,5-7,17H2,(H,18,19). The van der Waals surface area contributed by atoms with E-state index in [-0.39, 0.29) is 10.9 Å². The van der Waals surface area contributed by atoms with E-state index in [9.17, 15) is 9.18 Å². The van der Waals surface area contributed by atoms with E-state index in [4.69, 9.17) is 17.3 Å². The average Bonchev–Trinajstić information content (AvgIpc) is 2.89. The van der Waals surface area contributed by atoms with Crippen LogP contribution in [0.25, 0.3) is 5.57 Å². The lowest BCUT2D eigenvalue weighted by Crippen LogP contribution is -2.29. The van der Waals surface area contributed by atoms with Crippen LogP contribution < -0.4 is 11.1 Å². The highest BCUT2D eigenvalue weighted by molar-refractivity contribution is 6.30. The van der Waals surface area contributed by atoms with Gasteiger partial charge in [-0.05, 0) is 23.3 Å². The number of halogens is 2. The van der Waals surface area contributed by atoms with Crippen molar-refractivity contribution in [3.8, 4) is 0 Å². The van der Waals surface area contributed by atoms with Crippen LogP contribution in [0.1, 0.15) is 12.0 Å². The third-order valence-electron chi connectivity index (χ3n) is 2.88. The quantitative estimate of drug-likeness (QED) is 0.889. The minimum absolute atomic E-state index is 0.0937. The Labute approximate surface area is 115 Å². The van der Waals surface area contributed by atoms with E-state index in [0.717, 1.165) is 11.1 Å². The lowest BCUT2D eigenvalue weighted by Gasteiger charge is -2.07. The maximum Gasteiger partial charge on any atom is 0.247 e. The number of carbonyl (C=O) groups excluding carboxylic acids is 1. The van der Waals surface area contributed by atoms with Crippen molar-refractivity contribution in [1.82, 2.24) is 5.32 Å². The van der Waals surface area contributed by atoms with Crippen molar-refractivity contribution in [3.63, 3.8) is 0 Å². The molecule has 0 heterocycles. The van der Waals surface area contributed by atoms with Gasteiger partial charge in [-0.15, -0.1) is 0 Å². The molecule has 0 aromatic heterocycles. The molecule has 1 amide bonds. The Hall–Kier alpha value is -1.65. The normalized spacial score (nSPS) is 14.1. The molecule has 0 unspecified atom stereocenters. The van der Waals surface area contributed by atoms with Crippen LogP contribution in [0.5, 0.6) is 0 Å². The number of carbonyl (C=O) groups is 1. The molecule has 0 radical (unpaired) electrons. The molecule has 3 N–H and O–H groups in total. The fraction of sp³-hybridized carbons (Fsp3) is 0.214. The number of allylic oxidation sites excluding steroid dienone is 3. The summed E-state index contributed by atoms with van der Waals surface area (Å²) in [5.74, 6) is -0.591. The lowest BCUT2D eigenvalue weighted by molar-refractivity contribution is -0.117. The molecule has 0 bridgehead atoms. The monoisotopic (exact) mass is 280 g/mol. The number of benzene rings is 1. The van der Waals surface area contributed by atoms with E-state index in [0.29, 0.717) is 25.1 Å². The fourth-order valence-corrected chi connectivity index (χ4v) is 1.99. The van der Waals surface area contributed by atoms with Gasteiger partial charge in [0.15, 0.2) is 0 Å². The van der Waals surface area contributed by atoms with Gasteiger partial charge in [-0.25, -0.2) is 4.39 Å². The number of rotatable bonds is 4. The molecule has 3 nitrogen and oxygen atoms in total. The first-order valence-corrected chi connectivity index (χ1v) is 6.33. The van der Waals surface area contributed by atoms with Gasteiger partial charge in [-0.3, -0.25) is 4.79 Å². The molecular weight excluding hydrogens is 267 g/mol. The van der Waals surface area contributed by atoms with Crippen molar-refractivity contribution in [2.45, 2.75) is 6.42 Å². The Morgan fingerprint density at radius 2 is 2.21 bits per heavy atom. The maximum atomic E-state index is 13.4. The van der Waals surface area contributed by atoms with Crippen LogP contribution >= 0.6 is 11.6 Å². The summed E-state index contributed by atoms with van der Waals surface area (Å²) in [6, 6.07) is 4.63. The molecular formula is C14H14ClFN2O. The Kier molecular flexibility index (Phi) is 4.35. The third-order valence-corrected chi connectivity index (χ3v) is 3.19. The van der Waals surface area contributed by atoms with Crippen LogP contribution in [0.3, 0.4) is 0 Å². The van der Waals surface area contributed by atoms with E-state index in [1.54, 1.807) is 12.1 Å². The van der Waals surface area contributed by atoms with Gasteiger partial charge in [0.05, 0.1) is 5.02 Å².